The number of fused-ring (bicyclic) bond motifs is 1. The standard InChI is InChI=1S/C19H23NO5/c1-2-23-19(22)15-4-3-9-20(13-15)18(21)8-6-14-5-7-16-17(12-14)25-11-10-24-16/h5-8,12,15H,2-4,9-11,13H2,1H3/b8-6+. The first-order valence-electron chi connectivity index (χ1n) is 8.70. The molecule has 0 aliphatic carbocycles. The first-order valence-corrected chi connectivity index (χ1v) is 8.70. The second-order valence-electron chi connectivity index (χ2n) is 6.11. The van der Waals surface area contributed by atoms with Crippen molar-refractivity contribution in [3.8, 4) is 11.5 Å². The first kappa shape index (κ1) is 17.3. The zero-order valence-electron chi connectivity index (χ0n) is 14.4. The number of amides is 1. The van der Waals surface area contributed by atoms with Crippen LogP contribution < -0.4 is 9.47 Å². The largest absolute Gasteiger partial charge is 0.486 e. The number of carbonyl (C=O) groups is 2. The van der Waals surface area contributed by atoms with Crippen molar-refractivity contribution in [2.24, 2.45) is 5.92 Å². The molecule has 6 heteroatoms. The molecule has 0 saturated carbocycles. The Balaban J connectivity index is 1.61. The lowest BCUT2D eigenvalue weighted by molar-refractivity contribution is -0.150. The SMILES string of the molecule is CCOC(=O)C1CCCN(C(=O)/C=C/c2ccc3c(c2)OCCO3)C1. The quantitative estimate of drug-likeness (QED) is 0.619. The highest BCUT2D eigenvalue weighted by molar-refractivity contribution is 5.92. The normalized spacial score (nSPS) is 19.7. The Labute approximate surface area is 147 Å². The number of ether oxygens (including phenoxy) is 3. The molecule has 0 spiro atoms. The van der Waals surface area contributed by atoms with E-state index < -0.39 is 0 Å². The highest BCUT2D eigenvalue weighted by atomic mass is 16.6. The summed E-state index contributed by atoms with van der Waals surface area (Å²) in [5.74, 6) is 0.893. The molecule has 1 amide bonds. The van der Waals surface area contributed by atoms with Crippen LogP contribution in [0.5, 0.6) is 11.5 Å². The summed E-state index contributed by atoms with van der Waals surface area (Å²) in [6, 6.07) is 5.58. The Morgan fingerprint density at radius 3 is 2.88 bits per heavy atom. The first-order chi connectivity index (χ1) is 12.2. The minimum atomic E-state index is -0.222. The summed E-state index contributed by atoms with van der Waals surface area (Å²) in [6.45, 7) is 4.33. The van der Waals surface area contributed by atoms with Crippen molar-refractivity contribution in [2.45, 2.75) is 19.8 Å². The lowest BCUT2D eigenvalue weighted by Crippen LogP contribution is -2.42. The maximum absolute atomic E-state index is 12.4. The number of benzene rings is 1. The van der Waals surface area contributed by atoms with Gasteiger partial charge < -0.3 is 19.1 Å². The van der Waals surface area contributed by atoms with Gasteiger partial charge in [-0.3, -0.25) is 9.59 Å². The summed E-state index contributed by atoms with van der Waals surface area (Å²) in [5, 5.41) is 0. The monoisotopic (exact) mass is 345 g/mol. The van der Waals surface area contributed by atoms with Crippen molar-refractivity contribution in [3.05, 3.63) is 29.8 Å². The molecule has 25 heavy (non-hydrogen) atoms. The fraction of sp³-hybridized carbons (Fsp3) is 0.474. The molecule has 2 aliphatic heterocycles. The summed E-state index contributed by atoms with van der Waals surface area (Å²) in [5.41, 5.74) is 0.872. The smallest absolute Gasteiger partial charge is 0.310 e. The lowest BCUT2D eigenvalue weighted by Gasteiger charge is -2.30. The van der Waals surface area contributed by atoms with Gasteiger partial charge in [0.1, 0.15) is 13.2 Å². The lowest BCUT2D eigenvalue weighted by atomic mass is 9.98. The van der Waals surface area contributed by atoms with Gasteiger partial charge in [-0.05, 0) is 43.5 Å². The molecule has 3 rings (SSSR count). The van der Waals surface area contributed by atoms with Crippen LogP contribution in [0, 0.1) is 5.92 Å². The number of likely N-dealkylation sites (tertiary alicyclic amines) is 1. The van der Waals surface area contributed by atoms with Crippen LogP contribution >= 0.6 is 0 Å². The number of hydrogen-bond acceptors (Lipinski definition) is 5. The predicted molar refractivity (Wildman–Crippen MR) is 92.4 cm³/mol. The molecule has 0 aromatic heterocycles. The molecule has 0 radical (unpaired) electrons. The third-order valence-corrected chi connectivity index (χ3v) is 4.34. The maximum Gasteiger partial charge on any atom is 0.310 e. The van der Waals surface area contributed by atoms with E-state index in [0.29, 0.717) is 38.7 Å². The molecule has 1 saturated heterocycles. The highest BCUT2D eigenvalue weighted by Crippen LogP contribution is 2.31. The van der Waals surface area contributed by atoms with E-state index in [-0.39, 0.29) is 17.8 Å². The number of hydrogen-bond donors (Lipinski definition) is 0. The second-order valence-corrected chi connectivity index (χ2v) is 6.11. The zero-order chi connectivity index (χ0) is 17.6. The molecule has 1 aromatic carbocycles. The molecule has 1 atom stereocenters. The summed E-state index contributed by atoms with van der Waals surface area (Å²) in [6.07, 6.45) is 4.88. The number of carbonyl (C=O) groups excluding carboxylic acids is 2. The number of rotatable bonds is 4. The Morgan fingerprint density at radius 1 is 1.28 bits per heavy atom. The topological polar surface area (TPSA) is 65.1 Å². The van der Waals surface area contributed by atoms with E-state index in [2.05, 4.69) is 0 Å². The van der Waals surface area contributed by atoms with Gasteiger partial charge in [-0.15, -0.1) is 0 Å². The average Bonchev–Trinajstić information content (AvgIpc) is 2.66. The number of piperidine rings is 1. The molecule has 1 fully saturated rings. The van der Waals surface area contributed by atoms with Crippen molar-refractivity contribution in [1.29, 1.82) is 0 Å². The summed E-state index contributed by atoms with van der Waals surface area (Å²) in [4.78, 5) is 26.0. The molecule has 2 aliphatic rings. The van der Waals surface area contributed by atoms with Crippen molar-refractivity contribution >= 4 is 18.0 Å². The summed E-state index contributed by atoms with van der Waals surface area (Å²) < 4.78 is 16.1. The van der Waals surface area contributed by atoms with E-state index in [1.807, 2.05) is 18.2 Å². The third-order valence-electron chi connectivity index (χ3n) is 4.34. The van der Waals surface area contributed by atoms with Gasteiger partial charge in [-0.1, -0.05) is 6.07 Å². The van der Waals surface area contributed by atoms with Crippen LogP contribution in [0.15, 0.2) is 24.3 Å². The van der Waals surface area contributed by atoms with Crippen LogP contribution in [0.1, 0.15) is 25.3 Å². The predicted octanol–water partition coefficient (Wildman–Crippen LogP) is 2.27. The van der Waals surface area contributed by atoms with E-state index in [4.69, 9.17) is 14.2 Å². The van der Waals surface area contributed by atoms with E-state index in [9.17, 15) is 9.59 Å². The van der Waals surface area contributed by atoms with Gasteiger partial charge in [0, 0.05) is 19.2 Å². The van der Waals surface area contributed by atoms with Gasteiger partial charge in [0.2, 0.25) is 5.91 Å². The Morgan fingerprint density at radius 2 is 2.08 bits per heavy atom. The van der Waals surface area contributed by atoms with Crippen LogP contribution in [0.2, 0.25) is 0 Å². The molecule has 0 bridgehead atoms. The second kappa shape index (κ2) is 8.05. The van der Waals surface area contributed by atoms with E-state index >= 15 is 0 Å². The molecule has 2 heterocycles. The van der Waals surface area contributed by atoms with Crippen LogP contribution in [0.3, 0.4) is 0 Å². The fourth-order valence-corrected chi connectivity index (χ4v) is 3.07. The van der Waals surface area contributed by atoms with Crippen molar-refractivity contribution in [3.63, 3.8) is 0 Å². The van der Waals surface area contributed by atoms with Crippen LogP contribution in [-0.4, -0.2) is 49.7 Å². The minimum absolute atomic E-state index is 0.0936. The van der Waals surface area contributed by atoms with Crippen molar-refractivity contribution in [2.75, 3.05) is 32.9 Å². The Kier molecular flexibility index (Phi) is 5.58. The maximum atomic E-state index is 12.4. The van der Waals surface area contributed by atoms with E-state index in [0.717, 1.165) is 24.2 Å². The van der Waals surface area contributed by atoms with Gasteiger partial charge in [0.15, 0.2) is 11.5 Å². The van der Waals surface area contributed by atoms with E-state index in [1.165, 1.54) is 0 Å². The summed E-state index contributed by atoms with van der Waals surface area (Å²) in [7, 11) is 0. The summed E-state index contributed by atoms with van der Waals surface area (Å²) >= 11 is 0. The van der Waals surface area contributed by atoms with Gasteiger partial charge in [0.25, 0.3) is 0 Å². The van der Waals surface area contributed by atoms with Crippen LogP contribution in [0.25, 0.3) is 6.08 Å². The number of nitrogens with zero attached hydrogens (tertiary/aromatic N) is 1. The average molecular weight is 345 g/mol. The fourth-order valence-electron chi connectivity index (χ4n) is 3.07. The molecule has 0 N–H and O–H groups in total. The zero-order valence-corrected chi connectivity index (χ0v) is 14.4. The highest BCUT2D eigenvalue weighted by Gasteiger charge is 2.28. The number of esters is 1. The van der Waals surface area contributed by atoms with Crippen LogP contribution in [-0.2, 0) is 14.3 Å². The van der Waals surface area contributed by atoms with E-state index in [1.54, 1.807) is 24.0 Å². The third kappa shape index (κ3) is 4.32. The molecular weight excluding hydrogens is 322 g/mol. The molecule has 134 valence electrons. The van der Waals surface area contributed by atoms with Gasteiger partial charge >= 0.3 is 5.97 Å². The molecule has 1 unspecified atom stereocenters. The Hall–Kier alpha value is -2.50. The minimum Gasteiger partial charge on any atom is -0.486 e. The van der Waals surface area contributed by atoms with Gasteiger partial charge in [-0.25, -0.2) is 0 Å². The van der Waals surface area contributed by atoms with Gasteiger partial charge in [0.05, 0.1) is 12.5 Å². The molecular formula is C19H23NO5. The van der Waals surface area contributed by atoms with Crippen molar-refractivity contribution < 1.29 is 23.8 Å². The Bertz CT molecular complexity index is 670. The van der Waals surface area contributed by atoms with Crippen molar-refractivity contribution in [1.82, 2.24) is 4.90 Å². The molecule has 6 nitrogen and oxygen atoms in total. The van der Waals surface area contributed by atoms with Gasteiger partial charge in [-0.2, -0.15) is 0 Å². The molecule has 1 aromatic rings. The van der Waals surface area contributed by atoms with Crippen LogP contribution in [0.4, 0.5) is 0 Å².